The van der Waals surface area contributed by atoms with Gasteiger partial charge in [0.1, 0.15) is 0 Å². The Morgan fingerprint density at radius 2 is 1.86 bits per heavy atom. The third-order valence-corrected chi connectivity index (χ3v) is 5.71. The van der Waals surface area contributed by atoms with E-state index in [0.717, 1.165) is 68.1 Å². The fraction of sp³-hybridized carbons (Fsp3) is 0.524. The fourth-order valence-electron chi connectivity index (χ4n) is 3.75. The van der Waals surface area contributed by atoms with Crippen molar-refractivity contribution in [3.8, 4) is 0 Å². The number of nitrogens with one attached hydrogen (secondary N) is 1. The van der Waals surface area contributed by atoms with Gasteiger partial charge in [0.2, 0.25) is 0 Å². The van der Waals surface area contributed by atoms with Crippen LogP contribution in [-0.2, 0) is 13.5 Å². The van der Waals surface area contributed by atoms with E-state index in [9.17, 15) is 0 Å². The molecule has 1 aliphatic heterocycles. The van der Waals surface area contributed by atoms with Gasteiger partial charge in [-0.3, -0.25) is 9.67 Å². The number of guanidine groups is 1. The molecular weight excluding hydrogens is 499 g/mol. The number of halogens is 2. The molecule has 1 aromatic heterocycles. The van der Waals surface area contributed by atoms with Gasteiger partial charge in [-0.25, -0.2) is 0 Å². The van der Waals surface area contributed by atoms with E-state index in [-0.39, 0.29) is 24.0 Å². The molecule has 0 atom stereocenters. The van der Waals surface area contributed by atoms with Crippen LogP contribution in [0.4, 0.5) is 5.69 Å². The van der Waals surface area contributed by atoms with Gasteiger partial charge in [-0.2, -0.15) is 5.10 Å². The van der Waals surface area contributed by atoms with Crippen LogP contribution in [0.25, 0.3) is 0 Å². The van der Waals surface area contributed by atoms with Crippen LogP contribution in [0.1, 0.15) is 23.9 Å². The van der Waals surface area contributed by atoms with Crippen molar-refractivity contribution in [1.29, 1.82) is 0 Å². The van der Waals surface area contributed by atoms with E-state index < -0.39 is 0 Å². The molecule has 0 unspecified atom stereocenters. The molecule has 0 radical (unpaired) electrons. The molecule has 1 aliphatic rings. The van der Waals surface area contributed by atoms with Gasteiger partial charge >= 0.3 is 0 Å². The Morgan fingerprint density at radius 1 is 1.17 bits per heavy atom. The average Bonchev–Trinajstić information content (AvgIpc) is 2.94. The second kappa shape index (κ2) is 11.1. The lowest BCUT2D eigenvalue weighted by molar-refractivity contribution is 0.372. The Hall–Kier alpha value is -1.48. The van der Waals surface area contributed by atoms with E-state index in [1.165, 1.54) is 11.3 Å². The van der Waals surface area contributed by atoms with Gasteiger partial charge < -0.3 is 15.1 Å². The Morgan fingerprint density at radius 3 is 2.45 bits per heavy atom. The molecule has 2 heterocycles. The van der Waals surface area contributed by atoms with Gasteiger partial charge in [0, 0.05) is 52.0 Å². The lowest BCUT2D eigenvalue weighted by Crippen LogP contribution is -2.52. The van der Waals surface area contributed by atoms with Crippen molar-refractivity contribution in [2.45, 2.75) is 27.2 Å². The standard InChI is InChI=1S/C21H31ClN6.HI/c1-5-23-21(24-11-10-18-16(2)25-26(4)17(18)3)28-14-12-27(13-15-28)20-9-7-6-8-19(20)22;/h6-9H,5,10-15H2,1-4H3,(H,23,24);1H. The van der Waals surface area contributed by atoms with E-state index in [1.807, 2.05) is 29.9 Å². The number of para-hydroxylation sites is 1. The van der Waals surface area contributed by atoms with Crippen molar-refractivity contribution in [2.75, 3.05) is 44.2 Å². The molecule has 160 valence electrons. The van der Waals surface area contributed by atoms with Gasteiger partial charge in [-0.05, 0) is 44.9 Å². The SMILES string of the molecule is CCNC(=NCCc1c(C)nn(C)c1C)N1CCN(c2ccccc2Cl)CC1.I. The van der Waals surface area contributed by atoms with Crippen molar-refractivity contribution in [1.82, 2.24) is 20.0 Å². The summed E-state index contributed by atoms with van der Waals surface area (Å²) in [7, 11) is 2.00. The Kier molecular flexibility index (Phi) is 9.07. The third kappa shape index (κ3) is 5.78. The number of aromatic nitrogens is 2. The number of nitrogens with zero attached hydrogens (tertiary/aromatic N) is 5. The highest BCUT2D eigenvalue weighted by atomic mass is 127. The molecule has 8 heteroatoms. The van der Waals surface area contributed by atoms with Crippen LogP contribution < -0.4 is 10.2 Å². The molecule has 0 amide bonds. The van der Waals surface area contributed by atoms with E-state index in [4.69, 9.17) is 16.6 Å². The van der Waals surface area contributed by atoms with E-state index in [2.05, 4.69) is 47.1 Å². The van der Waals surface area contributed by atoms with Gasteiger partial charge in [-0.15, -0.1) is 24.0 Å². The molecule has 1 fully saturated rings. The molecule has 0 bridgehead atoms. The largest absolute Gasteiger partial charge is 0.367 e. The van der Waals surface area contributed by atoms with Gasteiger partial charge in [0.05, 0.1) is 16.4 Å². The molecule has 1 N–H and O–H groups in total. The summed E-state index contributed by atoms with van der Waals surface area (Å²) in [6, 6.07) is 8.07. The highest BCUT2D eigenvalue weighted by Crippen LogP contribution is 2.26. The fourth-order valence-corrected chi connectivity index (χ4v) is 4.00. The summed E-state index contributed by atoms with van der Waals surface area (Å²) in [5.41, 5.74) is 4.76. The van der Waals surface area contributed by atoms with Gasteiger partial charge in [0.25, 0.3) is 0 Å². The zero-order valence-electron chi connectivity index (χ0n) is 17.8. The monoisotopic (exact) mass is 530 g/mol. The number of piperazine rings is 1. The number of aryl methyl sites for hydroxylation is 2. The molecule has 0 saturated carbocycles. The maximum absolute atomic E-state index is 6.36. The van der Waals surface area contributed by atoms with E-state index >= 15 is 0 Å². The molecule has 29 heavy (non-hydrogen) atoms. The topological polar surface area (TPSA) is 48.7 Å². The predicted molar refractivity (Wildman–Crippen MR) is 133 cm³/mol. The molecule has 3 rings (SSSR count). The highest BCUT2D eigenvalue weighted by molar-refractivity contribution is 14.0. The van der Waals surface area contributed by atoms with Crippen LogP contribution in [0.3, 0.4) is 0 Å². The highest BCUT2D eigenvalue weighted by Gasteiger charge is 2.21. The van der Waals surface area contributed by atoms with E-state index in [0.29, 0.717) is 0 Å². The molecular formula is C21H32ClIN6. The Labute approximate surface area is 196 Å². The maximum atomic E-state index is 6.36. The summed E-state index contributed by atoms with van der Waals surface area (Å²) in [6.45, 7) is 11.7. The van der Waals surface area contributed by atoms with Crippen molar-refractivity contribution >= 4 is 47.2 Å². The first-order valence-electron chi connectivity index (χ1n) is 10.0. The summed E-state index contributed by atoms with van der Waals surface area (Å²) in [5.74, 6) is 1.00. The minimum absolute atomic E-state index is 0. The van der Waals surface area contributed by atoms with Crippen molar-refractivity contribution in [3.05, 3.63) is 46.2 Å². The normalized spacial score (nSPS) is 14.7. The maximum Gasteiger partial charge on any atom is 0.194 e. The predicted octanol–water partition coefficient (Wildman–Crippen LogP) is 3.64. The van der Waals surface area contributed by atoms with Crippen LogP contribution in [0.5, 0.6) is 0 Å². The van der Waals surface area contributed by atoms with Crippen molar-refractivity contribution < 1.29 is 0 Å². The molecule has 6 nitrogen and oxygen atoms in total. The molecule has 0 spiro atoms. The zero-order valence-corrected chi connectivity index (χ0v) is 20.9. The lowest BCUT2D eigenvalue weighted by atomic mass is 10.1. The quantitative estimate of drug-likeness (QED) is 0.364. The second-order valence-corrected chi connectivity index (χ2v) is 7.59. The summed E-state index contributed by atoms with van der Waals surface area (Å²) < 4.78 is 1.95. The number of hydrogen-bond donors (Lipinski definition) is 1. The summed E-state index contributed by atoms with van der Waals surface area (Å²) in [4.78, 5) is 9.59. The summed E-state index contributed by atoms with van der Waals surface area (Å²) >= 11 is 6.36. The van der Waals surface area contributed by atoms with Gasteiger partial charge in [-0.1, -0.05) is 23.7 Å². The molecule has 0 aliphatic carbocycles. The first-order valence-corrected chi connectivity index (χ1v) is 10.4. The number of benzene rings is 1. The number of rotatable bonds is 5. The average molecular weight is 531 g/mol. The lowest BCUT2D eigenvalue weighted by Gasteiger charge is -2.38. The number of aliphatic imine (C=N–C) groups is 1. The smallest absolute Gasteiger partial charge is 0.194 e. The van der Waals surface area contributed by atoms with Crippen LogP contribution in [-0.4, -0.2) is 59.9 Å². The summed E-state index contributed by atoms with van der Waals surface area (Å²) in [6.07, 6.45) is 0.917. The van der Waals surface area contributed by atoms with Crippen molar-refractivity contribution in [2.24, 2.45) is 12.0 Å². The third-order valence-electron chi connectivity index (χ3n) is 5.39. The Balaban J connectivity index is 0.00000300. The first kappa shape index (κ1) is 23.8. The minimum Gasteiger partial charge on any atom is -0.367 e. The van der Waals surface area contributed by atoms with Gasteiger partial charge in [0.15, 0.2) is 5.96 Å². The van der Waals surface area contributed by atoms with Crippen LogP contribution in [0.2, 0.25) is 5.02 Å². The van der Waals surface area contributed by atoms with E-state index in [1.54, 1.807) is 0 Å². The first-order chi connectivity index (χ1) is 13.5. The molecule has 1 aromatic carbocycles. The minimum atomic E-state index is 0. The van der Waals surface area contributed by atoms with Crippen LogP contribution >= 0.6 is 35.6 Å². The Bertz CT molecular complexity index is 827. The van der Waals surface area contributed by atoms with Crippen LogP contribution in [0, 0.1) is 13.8 Å². The second-order valence-electron chi connectivity index (χ2n) is 7.18. The molecule has 2 aromatic rings. The number of hydrogen-bond acceptors (Lipinski definition) is 3. The summed E-state index contributed by atoms with van der Waals surface area (Å²) in [5, 5.41) is 8.77. The number of anilines is 1. The zero-order chi connectivity index (χ0) is 20.1. The molecule has 1 saturated heterocycles. The van der Waals surface area contributed by atoms with Crippen LogP contribution in [0.15, 0.2) is 29.3 Å². The van der Waals surface area contributed by atoms with Crippen molar-refractivity contribution in [3.63, 3.8) is 0 Å².